The van der Waals surface area contributed by atoms with Crippen LogP contribution in [0.2, 0.25) is 0 Å². The fourth-order valence-electron chi connectivity index (χ4n) is 1.66. The number of esters is 1. The largest absolute Gasteiger partial charge is 0.481 e. The van der Waals surface area contributed by atoms with Crippen LogP contribution in [0.5, 0.6) is 11.6 Å². The molecule has 2 aromatic rings. The van der Waals surface area contributed by atoms with E-state index >= 15 is 0 Å². The Bertz CT molecular complexity index is 651. The molecule has 0 aliphatic rings. The second kappa shape index (κ2) is 6.51. The molecule has 0 bridgehead atoms. The molecular formula is C15H13NO5. The van der Waals surface area contributed by atoms with Crippen LogP contribution in [0.1, 0.15) is 16.1 Å². The predicted molar refractivity (Wildman–Crippen MR) is 73.4 cm³/mol. The molecule has 21 heavy (non-hydrogen) atoms. The van der Waals surface area contributed by atoms with E-state index in [0.29, 0.717) is 11.3 Å². The van der Waals surface area contributed by atoms with Crippen LogP contribution >= 0.6 is 0 Å². The number of methoxy groups -OCH3 is 1. The molecule has 0 aliphatic heterocycles. The minimum Gasteiger partial charge on any atom is -0.481 e. The lowest BCUT2D eigenvalue weighted by molar-refractivity contribution is -0.136. The van der Waals surface area contributed by atoms with Crippen LogP contribution in [0, 0.1) is 0 Å². The van der Waals surface area contributed by atoms with Crippen molar-refractivity contribution in [2.24, 2.45) is 0 Å². The first-order valence-corrected chi connectivity index (χ1v) is 6.12. The number of carbonyl (C=O) groups excluding carboxylic acids is 1. The number of benzene rings is 1. The van der Waals surface area contributed by atoms with Gasteiger partial charge < -0.3 is 14.6 Å². The van der Waals surface area contributed by atoms with Crippen LogP contribution in [0.25, 0.3) is 0 Å². The van der Waals surface area contributed by atoms with Crippen molar-refractivity contribution in [3.8, 4) is 11.6 Å². The van der Waals surface area contributed by atoms with Gasteiger partial charge in [0.05, 0.1) is 13.5 Å². The van der Waals surface area contributed by atoms with E-state index in [1.807, 2.05) is 0 Å². The zero-order valence-electron chi connectivity index (χ0n) is 11.3. The quantitative estimate of drug-likeness (QED) is 0.849. The third-order valence-corrected chi connectivity index (χ3v) is 2.62. The van der Waals surface area contributed by atoms with E-state index < -0.39 is 11.9 Å². The Morgan fingerprint density at radius 1 is 1.14 bits per heavy atom. The van der Waals surface area contributed by atoms with Crippen molar-refractivity contribution in [2.45, 2.75) is 6.42 Å². The highest BCUT2D eigenvalue weighted by atomic mass is 16.5. The van der Waals surface area contributed by atoms with Gasteiger partial charge in [-0.1, -0.05) is 18.2 Å². The number of hydrogen-bond donors (Lipinski definition) is 1. The van der Waals surface area contributed by atoms with E-state index in [1.165, 1.54) is 13.2 Å². The van der Waals surface area contributed by atoms with Crippen LogP contribution < -0.4 is 4.74 Å². The molecule has 0 amide bonds. The lowest BCUT2D eigenvalue weighted by Gasteiger charge is -2.06. The highest BCUT2D eigenvalue weighted by molar-refractivity contribution is 5.87. The highest BCUT2D eigenvalue weighted by Crippen LogP contribution is 2.20. The standard InChI is InChI=1S/C15H13NO5/c1-20-15(19)12-3-2-4-13(16-12)21-11-7-5-10(6-8-11)9-14(17)18/h2-8H,9H2,1H3,(H,17,18). The summed E-state index contributed by atoms with van der Waals surface area (Å²) < 4.78 is 10.1. The number of carboxylic acids is 1. The number of rotatable bonds is 5. The number of pyridine rings is 1. The predicted octanol–water partition coefficient (Wildman–Crippen LogP) is 2.29. The summed E-state index contributed by atoms with van der Waals surface area (Å²) in [5.74, 6) is -0.684. The number of nitrogens with zero attached hydrogens (tertiary/aromatic N) is 1. The summed E-state index contributed by atoms with van der Waals surface area (Å²) in [6, 6.07) is 11.4. The van der Waals surface area contributed by atoms with Gasteiger partial charge >= 0.3 is 11.9 Å². The molecule has 0 unspecified atom stereocenters. The maximum atomic E-state index is 11.4. The van der Waals surface area contributed by atoms with Crippen molar-refractivity contribution < 1.29 is 24.2 Å². The molecule has 6 heteroatoms. The van der Waals surface area contributed by atoms with Crippen LogP contribution in [0.4, 0.5) is 0 Å². The van der Waals surface area contributed by atoms with Gasteiger partial charge in [-0.3, -0.25) is 4.79 Å². The third kappa shape index (κ3) is 4.04. The molecular weight excluding hydrogens is 274 g/mol. The van der Waals surface area contributed by atoms with E-state index in [9.17, 15) is 9.59 Å². The van der Waals surface area contributed by atoms with Gasteiger partial charge in [-0.15, -0.1) is 0 Å². The van der Waals surface area contributed by atoms with Crippen LogP contribution in [-0.4, -0.2) is 29.1 Å². The average molecular weight is 287 g/mol. The molecule has 0 atom stereocenters. The molecule has 2 rings (SSSR count). The van der Waals surface area contributed by atoms with E-state index in [0.717, 1.165) is 0 Å². The zero-order valence-corrected chi connectivity index (χ0v) is 11.3. The van der Waals surface area contributed by atoms with Crippen molar-refractivity contribution in [1.29, 1.82) is 0 Å². The monoisotopic (exact) mass is 287 g/mol. The zero-order chi connectivity index (χ0) is 15.2. The summed E-state index contributed by atoms with van der Waals surface area (Å²) in [6.45, 7) is 0. The third-order valence-electron chi connectivity index (χ3n) is 2.62. The van der Waals surface area contributed by atoms with Gasteiger partial charge in [0.25, 0.3) is 0 Å². The van der Waals surface area contributed by atoms with E-state index in [1.54, 1.807) is 36.4 Å². The molecule has 1 heterocycles. The lowest BCUT2D eigenvalue weighted by atomic mass is 10.1. The number of hydrogen-bond acceptors (Lipinski definition) is 5. The maximum absolute atomic E-state index is 11.4. The van der Waals surface area contributed by atoms with Crippen molar-refractivity contribution in [3.05, 3.63) is 53.7 Å². The summed E-state index contributed by atoms with van der Waals surface area (Å²) in [5.41, 5.74) is 0.823. The molecule has 0 aliphatic carbocycles. The van der Waals surface area contributed by atoms with E-state index in [2.05, 4.69) is 9.72 Å². The SMILES string of the molecule is COC(=O)c1cccc(Oc2ccc(CC(=O)O)cc2)n1. The minimum absolute atomic E-state index is 0.0453. The van der Waals surface area contributed by atoms with E-state index in [-0.39, 0.29) is 18.0 Å². The van der Waals surface area contributed by atoms with Crippen molar-refractivity contribution in [3.63, 3.8) is 0 Å². The number of carboxylic acid groups (broad SMARTS) is 1. The van der Waals surface area contributed by atoms with Gasteiger partial charge in [-0.2, -0.15) is 0 Å². The lowest BCUT2D eigenvalue weighted by Crippen LogP contribution is -2.04. The summed E-state index contributed by atoms with van der Waals surface area (Å²) in [5, 5.41) is 8.69. The molecule has 1 N–H and O–H groups in total. The molecule has 108 valence electrons. The number of aliphatic carboxylic acids is 1. The van der Waals surface area contributed by atoms with Crippen molar-refractivity contribution in [2.75, 3.05) is 7.11 Å². The van der Waals surface area contributed by atoms with Gasteiger partial charge in [0.1, 0.15) is 5.75 Å². The Labute approximate surface area is 121 Å². The molecule has 0 spiro atoms. The maximum Gasteiger partial charge on any atom is 0.356 e. The fraction of sp³-hybridized carbons (Fsp3) is 0.133. The normalized spacial score (nSPS) is 9.95. The second-order valence-corrected chi connectivity index (χ2v) is 4.17. The average Bonchev–Trinajstić information content (AvgIpc) is 2.48. The Morgan fingerprint density at radius 2 is 1.86 bits per heavy atom. The Balaban J connectivity index is 2.11. The molecule has 0 saturated carbocycles. The Hall–Kier alpha value is -2.89. The van der Waals surface area contributed by atoms with Crippen molar-refractivity contribution in [1.82, 2.24) is 4.98 Å². The smallest absolute Gasteiger partial charge is 0.356 e. The van der Waals surface area contributed by atoms with Crippen LogP contribution in [-0.2, 0) is 16.0 Å². The first-order valence-electron chi connectivity index (χ1n) is 6.12. The van der Waals surface area contributed by atoms with E-state index in [4.69, 9.17) is 9.84 Å². The highest BCUT2D eigenvalue weighted by Gasteiger charge is 2.08. The summed E-state index contributed by atoms with van der Waals surface area (Å²) in [4.78, 5) is 26.0. The Morgan fingerprint density at radius 3 is 2.48 bits per heavy atom. The number of ether oxygens (including phenoxy) is 2. The molecule has 1 aromatic carbocycles. The first-order chi connectivity index (χ1) is 10.1. The molecule has 0 radical (unpaired) electrons. The van der Waals surface area contributed by atoms with Gasteiger partial charge in [-0.25, -0.2) is 9.78 Å². The van der Waals surface area contributed by atoms with Crippen LogP contribution in [0.15, 0.2) is 42.5 Å². The van der Waals surface area contributed by atoms with Crippen molar-refractivity contribution >= 4 is 11.9 Å². The second-order valence-electron chi connectivity index (χ2n) is 4.17. The number of aromatic nitrogens is 1. The molecule has 6 nitrogen and oxygen atoms in total. The summed E-state index contributed by atoms with van der Waals surface area (Å²) >= 11 is 0. The first kappa shape index (κ1) is 14.5. The Kier molecular flexibility index (Phi) is 4.50. The van der Waals surface area contributed by atoms with Gasteiger partial charge in [-0.05, 0) is 23.8 Å². The van der Waals surface area contributed by atoms with Crippen LogP contribution in [0.3, 0.4) is 0 Å². The van der Waals surface area contributed by atoms with Gasteiger partial charge in [0.15, 0.2) is 5.69 Å². The van der Waals surface area contributed by atoms with Gasteiger partial charge in [0.2, 0.25) is 5.88 Å². The molecule has 0 fully saturated rings. The molecule has 0 saturated heterocycles. The minimum atomic E-state index is -0.892. The summed E-state index contributed by atoms with van der Waals surface area (Å²) in [6.07, 6.45) is -0.0453. The fourth-order valence-corrected chi connectivity index (χ4v) is 1.66. The summed E-state index contributed by atoms with van der Waals surface area (Å²) in [7, 11) is 1.28. The molecule has 1 aromatic heterocycles. The van der Waals surface area contributed by atoms with Gasteiger partial charge in [0, 0.05) is 6.07 Å². The number of carbonyl (C=O) groups is 2. The topological polar surface area (TPSA) is 85.7 Å².